The zero-order valence-electron chi connectivity index (χ0n) is 12.2. The number of nitrogens with zero attached hydrogens (tertiary/aromatic N) is 2. The van der Waals surface area contributed by atoms with Crippen LogP contribution in [0.5, 0.6) is 0 Å². The fourth-order valence-electron chi connectivity index (χ4n) is 3.38. The van der Waals surface area contributed by atoms with Crippen molar-refractivity contribution in [2.75, 3.05) is 0 Å². The summed E-state index contributed by atoms with van der Waals surface area (Å²) in [5.41, 5.74) is 2.61. The molecule has 1 fully saturated rings. The van der Waals surface area contributed by atoms with Crippen LogP contribution in [0.4, 0.5) is 0 Å². The molecule has 0 bridgehead atoms. The summed E-state index contributed by atoms with van der Waals surface area (Å²) in [6.07, 6.45) is 7.23. The maximum atomic E-state index is 4.50. The topological polar surface area (TPSA) is 29.9 Å². The van der Waals surface area contributed by atoms with Gasteiger partial charge in [-0.2, -0.15) is 5.10 Å². The van der Waals surface area contributed by atoms with Crippen molar-refractivity contribution in [1.29, 1.82) is 0 Å². The van der Waals surface area contributed by atoms with Crippen LogP contribution >= 0.6 is 0 Å². The van der Waals surface area contributed by atoms with Gasteiger partial charge in [-0.05, 0) is 31.1 Å². The average molecular weight is 249 g/mol. The third kappa shape index (κ3) is 2.77. The molecule has 102 valence electrons. The van der Waals surface area contributed by atoms with Gasteiger partial charge in [0.1, 0.15) is 0 Å². The van der Waals surface area contributed by atoms with Crippen molar-refractivity contribution in [3.05, 3.63) is 17.5 Å². The van der Waals surface area contributed by atoms with Crippen LogP contribution in [0.15, 0.2) is 6.20 Å². The van der Waals surface area contributed by atoms with Crippen molar-refractivity contribution in [2.45, 2.75) is 59.0 Å². The number of hydrogen-bond acceptors (Lipinski definition) is 2. The van der Waals surface area contributed by atoms with E-state index in [2.05, 4.69) is 37.4 Å². The molecule has 1 heterocycles. The highest BCUT2D eigenvalue weighted by Crippen LogP contribution is 2.34. The second kappa shape index (κ2) is 5.87. The van der Waals surface area contributed by atoms with E-state index in [1.165, 1.54) is 30.5 Å². The summed E-state index contributed by atoms with van der Waals surface area (Å²) in [7, 11) is 2.01. The number of hydrogen-bond donors (Lipinski definition) is 1. The Kier molecular flexibility index (Phi) is 4.44. The molecule has 1 aliphatic carbocycles. The van der Waals surface area contributed by atoms with Gasteiger partial charge in [-0.3, -0.25) is 4.68 Å². The van der Waals surface area contributed by atoms with Gasteiger partial charge in [-0.1, -0.05) is 27.2 Å². The molecule has 2 rings (SSSR count). The maximum absolute atomic E-state index is 4.50. The summed E-state index contributed by atoms with van der Waals surface area (Å²) in [5.74, 6) is 1.73. The lowest BCUT2D eigenvalue weighted by Gasteiger charge is -2.21. The number of aryl methyl sites for hydroxylation is 2. The Morgan fingerprint density at radius 3 is 2.78 bits per heavy atom. The Bertz CT molecular complexity index is 383. The van der Waals surface area contributed by atoms with Gasteiger partial charge in [-0.15, -0.1) is 0 Å². The van der Waals surface area contributed by atoms with Gasteiger partial charge in [-0.25, -0.2) is 0 Å². The van der Waals surface area contributed by atoms with Crippen LogP contribution in [0.25, 0.3) is 0 Å². The molecule has 1 aromatic heterocycles. The first-order valence-electron chi connectivity index (χ1n) is 7.40. The van der Waals surface area contributed by atoms with E-state index in [1.54, 1.807) is 0 Å². The molecule has 0 aliphatic heterocycles. The van der Waals surface area contributed by atoms with E-state index in [0.29, 0.717) is 6.04 Å². The molecule has 1 aliphatic rings. The van der Waals surface area contributed by atoms with Gasteiger partial charge in [0.15, 0.2) is 0 Å². The van der Waals surface area contributed by atoms with Crippen LogP contribution in [0.3, 0.4) is 0 Å². The molecule has 3 unspecified atom stereocenters. The van der Waals surface area contributed by atoms with E-state index in [9.17, 15) is 0 Å². The maximum Gasteiger partial charge on any atom is 0.0666 e. The molecule has 0 spiro atoms. The highest BCUT2D eigenvalue weighted by atomic mass is 15.3. The van der Waals surface area contributed by atoms with E-state index < -0.39 is 0 Å². The van der Waals surface area contributed by atoms with Gasteiger partial charge < -0.3 is 5.32 Å². The van der Waals surface area contributed by atoms with Crippen LogP contribution in [0.1, 0.15) is 51.3 Å². The Hall–Kier alpha value is -0.830. The monoisotopic (exact) mass is 249 g/mol. The molecule has 1 N–H and O–H groups in total. The number of nitrogens with one attached hydrogen (secondary N) is 1. The molecule has 0 radical (unpaired) electrons. The van der Waals surface area contributed by atoms with E-state index in [0.717, 1.165) is 24.8 Å². The molecule has 1 saturated carbocycles. The smallest absolute Gasteiger partial charge is 0.0666 e. The predicted molar refractivity (Wildman–Crippen MR) is 75.4 cm³/mol. The number of rotatable bonds is 5. The fourth-order valence-corrected chi connectivity index (χ4v) is 3.38. The first-order valence-corrected chi connectivity index (χ1v) is 7.40. The van der Waals surface area contributed by atoms with Crippen molar-refractivity contribution >= 4 is 0 Å². The van der Waals surface area contributed by atoms with Gasteiger partial charge >= 0.3 is 0 Å². The summed E-state index contributed by atoms with van der Waals surface area (Å²) in [5, 5.41) is 8.25. The Morgan fingerprint density at radius 2 is 2.17 bits per heavy atom. The van der Waals surface area contributed by atoms with Crippen LogP contribution in [0.2, 0.25) is 0 Å². The molecular formula is C15H27N3. The average Bonchev–Trinajstić information content (AvgIpc) is 2.89. The first-order chi connectivity index (χ1) is 8.65. The summed E-state index contributed by atoms with van der Waals surface area (Å²) >= 11 is 0. The summed E-state index contributed by atoms with van der Waals surface area (Å²) in [6.45, 7) is 7.88. The lowest BCUT2D eigenvalue weighted by molar-refractivity contribution is 0.344. The minimum Gasteiger partial charge on any atom is -0.310 e. The zero-order chi connectivity index (χ0) is 13.1. The van der Waals surface area contributed by atoms with E-state index in [1.807, 2.05) is 11.7 Å². The van der Waals surface area contributed by atoms with Gasteiger partial charge in [0, 0.05) is 31.4 Å². The molecule has 0 aromatic carbocycles. The van der Waals surface area contributed by atoms with Gasteiger partial charge in [0.25, 0.3) is 0 Å². The second-order valence-corrected chi connectivity index (χ2v) is 5.72. The molecule has 3 nitrogen and oxygen atoms in total. The quantitative estimate of drug-likeness (QED) is 0.869. The van der Waals surface area contributed by atoms with E-state index in [4.69, 9.17) is 0 Å². The van der Waals surface area contributed by atoms with Crippen molar-refractivity contribution in [2.24, 2.45) is 18.9 Å². The fraction of sp³-hybridized carbons (Fsp3) is 0.800. The minimum absolute atomic E-state index is 0.694. The molecule has 0 amide bonds. The lowest BCUT2D eigenvalue weighted by atomic mass is 9.93. The summed E-state index contributed by atoms with van der Waals surface area (Å²) in [6, 6.07) is 0.694. The number of aromatic nitrogens is 2. The molecule has 3 heteroatoms. The second-order valence-electron chi connectivity index (χ2n) is 5.72. The highest BCUT2D eigenvalue weighted by Gasteiger charge is 2.31. The summed E-state index contributed by atoms with van der Waals surface area (Å²) in [4.78, 5) is 0. The third-order valence-corrected chi connectivity index (χ3v) is 4.63. The molecule has 1 aromatic rings. The van der Waals surface area contributed by atoms with Crippen molar-refractivity contribution in [3.63, 3.8) is 0 Å². The Labute approximate surface area is 111 Å². The zero-order valence-corrected chi connectivity index (χ0v) is 12.2. The van der Waals surface area contributed by atoms with Crippen molar-refractivity contribution < 1.29 is 0 Å². The molecular weight excluding hydrogens is 222 g/mol. The Morgan fingerprint density at radius 1 is 1.39 bits per heavy atom. The lowest BCUT2D eigenvalue weighted by Crippen LogP contribution is -2.32. The summed E-state index contributed by atoms with van der Waals surface area (Å²) < 4.78 is 1.93. The normalized spacial score (nSPS) is 27.9. The third-order valence-electron chi connectivity index (χ3n) is 4.63. The minimum atomic E-state index is 0.694. The van der Waals surface area contributed by atoms with E-state index >= 15 is 0 Å². The van der Waals surface area contributed by atoms with Crippen LogP contribution in [0, 0.1) is 11.8 Å². The van der Waals surface area contributed by atoms with Crippen LogP contribution < -0.4 is 5.32 Å². The van der Waals surface area contributed by atoms with Crippen LogP contribution in [-0.4, -0.2) is 15.8 Å². The van der Waals surface area contributed by atoms with Gasteiger partial charge in [0.05, 0.1) is 5.69 Å². The molecule has 18 heavy (non-hydrogen) atoms. The SMILES string of the molecule is CCc1nn(C)cc1CNC1CCC(CC)C1C. The Balaban J connectivity index is 1.91. The predicted octanol–water partition coefficient (Wildman–Crippen LogP) is 2.90. The highest BCUT2D eigenvalue weighted by molar-refractivity contribution is 5.16. The molecule has 0 saturated heterocycles. The van der Waals surface area contributed by atoms with Crippen LogP contribution in [-0.2, 0) is 20.0 Å². The van der Waals surface area contributed by atoms with Crippen molar-refractivity contribution in [1.82, 2.24) is 15.1 Å². The van der Waals surface area contributed by atoms with Crippen molar-refractivity contribution in [3.8, 4) is 0 Å². The largest absolute Gasteiger partial charge is 0.310 e. The molecule has 3 atom stereocenters. The first kappa shape index (κ1) is 13.6. The van der Waals surface area contributed by atoms with E-state index in [-0.39, 0.29) is 0 Å². The van der Waals surface area contributed by atoms with Gasteiger partial charge in [0.2, 0.25) is 0 Å². The standard InChI is InChI=1S/C15H27N3/c1-5-12-7-8-15(11(12)3)16-9-13-10-18(4)17-14(13)6-2/h10-12,15-16H,5-9H2,1-4H3.